The molecule has 1 saturated carbocycles. The van der Waals surface area contributed by atoms with Crippen LogP contribution in [0.4, 0.5) is 5.69 Å². The zero-order valence-electron chi connectivity index (χ0n) is 16.3. The van der Waals surface area contributed by atoms with Crippen molar-refractivity contribution >= 4 is 21.2 Å². The molecule has 0 saturated heterocycles. The minimum atomic E-state index is -3.47. The summed E-state index contributed by atoms with van der Waals surface area (Å²) in [6.45, 7) is 1.84. The Kier molecular flexibility index (Phi) is 5.03. The van der Waals surface area contributed by atoms with Crippen LogP contribution in [0.5, 0.6) is 5.88 Å². The van der Waals surface area contributed by atoms with Gasteiger partial charge in [-0.15, -0.1) is 0 Å². The van der Waals surface area contributed by atoms with E-state index in [1.165, 1.54) is 18.9 Å². The van der Waals surface area contributed by atoms with E-state index in [1.54, 1.807) is 10.5 Å². The molecular weight excluding hydrogens is 394 g/mol. The number of H-pyrrole nitrogens is 1. The van der Waals surface area contributed by atoms with Gasteiger partial charge in [0.2, 0.25) is 15.9 Å². The van der Waals surface area contributed by atoms with E-state index in [9.17, 15) is 13.2 Å². The molecule has 4 rings (SSSR count). The number of anilines is 1. The van der Waals surface area contributed by atoms with Gasteiger partial charge in [0.05, 0.1) is 29.4 Å². The van der Waals surface area contributed by atoms with Gasteiger partial charge in [-0.3, -0.25) is 13.9 Å². The summed E-state index contributed by atoms with van der Waals surface area (Å²) < 4.78 is 33.7. The lowest BCUT2D eigenvalue weighted by molar-refractivity contribution is 0.149. The molecule has 0 radical (unpaired) electrons. The number of aromatic nitrogens is 4. The van der Waals surface area contributed by atoms with Crippen LogP contribution in [0.1, 0.15) is 37.7 Å². The maximum absolute atomic E-state index is 12.2. The summed E-state index contributed by atoms with van der Waals surface area (Å²) in [6.07, 6.45) is 9.45. The third-order valence-electron chi connectivity index (χ3n) is 5.04. The van der Waals surface area contributed by atoms with Crippen molar-refractivity contribution < 1.29 is 13.2 Å². The van der Waals surface area contributed by atoms with E-state index in [4.69, 9.17) is 4.74 Å². The van der Waals surface area contributed by atoms with Gasteiger partial charge >= 0.3 is 0 Å². The Balaban J connectivity index is 1.85. The largest absolute Gasteiger partial charge is 0.474 e. The van der Waals surface area contributed by atoms with E-state index in [0.717, 1.165) is 37.5 Å². The summed E-state index contributed by atoms with van der Waals surface area (Å²) in [5.74, 6) is 0.413. The first-order valence-corrected chi connectivity index (χ1v) is 11.4. The van der Waals surface area contributed by atoms with Crippen LogP contribution in [0.15, 0.2) is 29.5 Å². The molecule has 0 amide bonds. The van der Waals surface area contributed by atoms with Gasteiger partial charge in [0.15, 0.2) is 0 Å². The van der Waals surface area contributed by atoms with Crippen molar-refractivity contribution in [2.75, 3.05) is 11.0 Å². The van der Waals surface area contributed by atoms with E-state index >= 15 is 0 Å². The highest BCUT2D eigenvalue weighted by Crippen LogP contribution is 2.35. The van der Waals surface area contributed by atoms with E-state index in [-0.39, 0.29) is 11.7 Å². The van der Waals surface area contributed by atoms with E-state index in [1.807, 2.05) is 13.0 Å². The number of hydrogen-bond donors (Lipinski definition) is 2. The zero-order chi connectivity index (χ0) is 20.6. The number of pyridine rings is 1. The van der Waals surface area contributed by atoms with Gasteiger partial charge in [0, 0.05) is 0 Å². The Morgan fingerprint density at radius 3 is 2.72 bits per heavy atom. The molecule has 29 heavy (non-hydrogen) atoms. The van der Waals surface area contributed by atoms with Crippen LogP contribution in [-0.4, -0.2) is 40.4 Å². The Hall–Kier alpha value is -2.88. The van der Waals surface area contributed by atoms with Crippen molar-refractivity contribution in [3.8, 4) is 17.1 Å². The lowest BCUT2D eigenvalue weighted by Crippen LogP contribution is -2.21. The van der Waals surface area contributed by atoms with Crippen molar-refractivity contribution in [3.05, 3.63) is 40.6 Å². The molecule has 1 aliphatic carbocycles. The Labute approximate surface area is 168 Å². The minimum absolute atomic E-state index is 0.0672. The first-order valence-electron chi connectivity index (χ1n) is 9.52. The number of sulfonamides is 1. The number of hydrogen-bond acceptors (Lipinski definition) is 6. The molecule has 2 N–H and O–H groups in total. The normalized spacial score (nSPS) is 15.5. The summed E-state index contributed by atoms with van der Waals surface area (Å²) in [5.41, 5.74) is 2.52. The second-order valence-electron chi connectivity index (χ2n) is 7.45. The molecule has 3 aromatic heterocycles. The van der Waals surface area contributed by atoms with Gasteiger partial charge in [-0.05, 0) is 50.3 Å². The van der Waals surface area contributed by atoms with E-state index in [2.05, 4.69) is 19.9 Å². The highest BCUT2D eigenvalue weighted by molar-refractivity contribution is 7.92. The van der Waals surface area contributed by atoms with Crippen LogP contribution in [-0.2, 0) is 10.0 Å². The zero-order valence-corrected chi connectivity index (χ0v) is 17.1. The number of nitrogens with zero attached hydrogens (tertiary/aromatic N) is 3. The SMILES string of the molecule is Cc1cc(-c2cc(NS(C)(=O)=O)cnc2OC2CCCCC2)n2cn[nH]c(=O)c12. The number of aromatic amines is 1. The molecule has 3 heterocycles. The molecule has 10 heteroatoms. The Bertz CT molecular complexity index is 1210. The van der Waals surface area contributed by atoms with Crippen LogP contribution >= 0.6 is 0 Å². The summed E-state index contributed by atoms with van der Waals surface area (Å²) in [4.78, 5) is 16.6. The fourth-order valence-electron chi connectivity index (χ4n) is 3.81. The van der Waals surface area contributed by atoms with Crippen molar-refractivity contribution in [1.82, 2.24) is 19.6 Å². The van der Waals surface area contributed by atoms with Crippen LogP contribution in [0.3, 0.4) is 0 Å². The summed E-state index contributed by atoms with van der Waals surface area (Å²) in [6, 6.07) is 3.52. The smallest absolute Gasteiger partial charge is 0.288 e. The standard InChI is InChI=1S/C19H23N5O4S/c1-12-8-16(24-11-21-22-18(25)17(12)24)15-9-13(23-29(2,26)27)10-20-19(15)28-14-6-4-3-5-7-14/h8-11,14,23H,3-7H2,1-2H3,(H,22,25). The molecule has 0 atom stereocenters. The van der Waals surface area contributed by atoms with Crippen LogP contribution < -0.4 is 15.0 Å². The molecule has 1 aliphatic rings. The minimum Gasteiger partial charge on any atom is -0.474 e. The fourth-order valence-corrected chi connectivity index (χ4v) is 4.35. The van der Waals surface area contributed by atoms with Crippen LogP contribution in [0.25, 0.3) is 16.8 Å². The third-order valence-corrected chi connectivity index (χ3v) is 5.65. The maximum Gasteiger partial charge on any atom is 0.288 e. The first kappa shape index (κ1) is 19.4. The second-order valence-corrected chi connectivity index (χ2v) is 9.19. The first-order chi connectivity index (χ1) is 13.8. The van der Waals surface area contributed by atoms with Crippen molar-refractivity contribution in [3.63, 3.8) is 0 Å². The number of aryl methyl sites for hydroxylation is 1. The van der Waals surface area contributed by atoms with Crippen molar-refractivity contribution in [2.24, 2.45) is 0 Å². The lowest BCUT2D eigenvalue weighted by Gasteiger charge is -2.23. The Morgan fingerprint density at radius 1 is 1.24 bits per heavy atom. The topological polar surface area (TPSA) is 118 Å². The Morgan fingerprint density at radius 2 is 2.00 bits per heavy atom. The van der Waals surface area contributed by atoms with Crippen LogP contribution in [0, 0.1) is 6.92 Å². The fraction of sp³-hybridized carbons (Fsp3) is 0.421. The van der Waals surface area contributed by atoms with E-state index in [0.29, 0.717) is 28.3 Å². The molecule has 0 spiro atoms. The quantitative estimate of drug-likeness (QED) is 0.658. The van der Waals surface area contributed by atoms with E-state index < -0.39 is 10.0 Å². The molecule has 0 unspecified atom stereocenters. The summed E-state index contributed by atoms with van der Waals surface area (Å²) in [5, 5.41) is 6.33. The molecule has 0 aromatic carbocycles. The summed E-state index contributed by atoms with van der Waals surface area (Å²) in [7, 11) is -3.47. The average Bonchev–Trinajstić information content (AvgIpc) is 3.00. The molecule has 9 nitrogen and oxygen atoms in total. The predicted octanol–water partition coefficient (Wildman–Crippen LogP) is 2.48. The van der Waals surface area contributed by atoms with Gasteiger partial charge in [-0.2, -0.15) is 5.10 Å². The third kappa shape index (κ3) is 4.12. The van der Waals surface area contributed by atoms with Gasteiger partial charge in [-0.1, -0.05) is 6.42 Å². The van der Waals surface area contributed by atoms with Gasteiger partial charge < -0.3 is 4.74 Å². The molecule has 0 aliphatic heterocycles. The highest BCUT2D eigenvalue weighted by Gasteiger charge is 2.21. The van der Waals surface area contributed by atoms with Crippen molar-refractivity contribution in [1.29, 1.82) is 0 Å². The number of rotatable bonds is 5. The van der Waals surface area contributed by atoms with Crippen molar-refractivity contribution in [2.45, 2.75) is 45.1 Å². The number of fused-ring (bicyclic) bond motifs is 1. The second kappa shape index (κ2) is 7.51. The van der Waals surface area contributed by atoms with Gasteiger partial charge in [-0.25, -0.2) is 18.5 Å². The van der Waals surface area contributed by atoms with Gasteiger partial charge in [0.1, 0.15) is 17.9 Å². The maximum atomic E-state index is 12.2. The molecule has 154 valence electrons. The monoisotopic (exact) mass is 417 g/mol. The average molecular weight is 417 g/mol. The highest BCUT2D eigenvalue weighted by atomic mass is 32.2. The lowest BCUT2D eigenvalue weighted by atomic mass is 9.98. The van der Waals surface area contributed by atoms with Gasteiger partial charge in [0.25, 0.3) is 5.56 Å². The number of nitrogens with one attached hydrogen (secondary N) is 2. The summed E-state index contributed by atoms with van der Waals surface area (Å²) >= 11 is 0. The molecular formula is C19H23N5O4S. The number of ether oxygens (including phenoxy) is 1. The molecule has 1 fully saturated rings. The van der Waals surface area contributed by atoms with Crippen LogP contribution in [0.2, 0.25) is 0 Å². The predicted molar refractivity (Wildman–Crippen MR) is 110 cm³/mol. The molecule has 0 bridgehead atoms. The molecule has 3 aromatic rings.